The molecule has 0 aromatic heterocycles. The van der Waals surface area contributed by atoms with Crippen LogP contribution in [0, 0.1) is 10.1 Å². The molecule has 0 bridgehead atoms. The normalized spacial score (nSPS) is 11.3. The van der Waals surface area contributed by atoms with Crippen LogP contribution >= 0.6 is 23.2 Å². The van der Waals surface area contributed by atoms with Gasteiger partial charge in [-0.05, 0) is 18.2 Å². The highest BCUT2D eigenvalue weighted by Crippen LogP contribution is 2.42. The lowest BCUT2D eigenvalue weighted by molar-refractivity contribution is -0.384. The molecule has 9 heteroatoms. The molecule has 2 rings (SSSR count). The van der Waals surface area contributed by atoms with Crippen molar-refractivity contribution < 1.29 is 22.8 Å². The van der Waals surface area contributed by atoms with Gasteiger partial charge in [0.1, 0.15) is 5.75 Å². The predicted molar refractivity (Wildman–Crippen MR) is 75.2 cm³/mol. The van der Waals surface area contributed by atoms with E-state index in [9.17, 15) is 23.3 Å². The molecule has 116 valence electrons. The minimum Gasteiger partial charge on any atom is -0.405 e. The lowest BCUT2D eigenvalue weighted by atomic mass is 10.0. The number of alkyl halides is 3. The van der Waals surface area contributed by atoms with Gasteiger partial charge in [0.05, 0.1) is 15.0 Å². The Labute approximate surface area is 132 Å². The van der Waals surface area contributed by atoms with Crippen LogP contribution < -0.4 is 4.74 Å². The molecule has 0 aliphatic carbocycles. The Bertz CT molecular complexity index is 715. The van der Waals surface area contributed by atoms with Crippen LogP contribution in [0.5, 0.6) is 5.75 Å². The van der Waals surface area contributed by atoms with Crippen molar-refractivity contribution >= 4 is 28.9 Å². The number of nitro groups is 1. The second-order valence-electron chi connectivity index (χ2n) is 4.08. The van der Waals surface area contributed by atoms with Gasteiger partial charge in [-0.25, -0.2) is 0 Å². The van der Waals surface area contributed by atoms with E-state index < -0.39 is 22.7 Å². The monoisotopic (exact) mass is 351 g/mol. The number of hydrogen-bond acceptors (Lipinski definition) is 3. The molecule has 0 atom stereocenters. The maximum absolute atomic E-state index is 12.5. The van der Waals surface area contributed by atoms with Crippen molar-refractivity contribution in [2.45, 2.75) is 6.36 Å². The van der Waals surface area contributed by atoms with Gasteiger partial charge in [0, 0.05) is 23.3 Å². The van der Waals surface area contributed by atoms with Crippen molar-refractivity contribution in [3.05, 3.63) is 56.6 Å². The van der Waals surface area contributed by atoms with E-state index in [0.717, 1.165) is 18.2 Å². The van der Waals surface area contributed by atoms with Crippen molar-refractivity contribution in [1.82, 2.24) is 0 Å². The highest BCUT2D eigenvalue weighted by atomic mass is 35.5. The van der Waals surface area contributed by atoms with E-state index in [-0.39, 0.29) is 21.2 Å². The number of halogens is 5. The molecule has 2 aromatic carbocycles. The third-order valence-electron chi connectivity index (χ3n) is 2.63. The summed E-state index contributed by atoms with van der Waals surface area (Å²) in [4.78, 5) is 10.1. The van der Waals surface area contributed by atoms with Crippen LogP contribution in [0.4, 0.5) is 18.9 Å². The highest BCUT2D eigenvalue weighted by Gasteiger charge is 2.33. The molecule has 4 nitrogen and oxygen atoms in total. The summed E-state index contributed by atoms with van der Waals surface area (Å²) in [6.45, 7) is 0. The zero-order valence-corrected chi connectivity index (χ0v) is 12.0. The Balaban J connectivity index is 2.69. The van der Waals surface area contributed by atoms with Crippen molar-refractivity contribution in [3.63, 3.8) is 0 Å². The maximum Gasteiger partial charge on any atom is 0.573 e. The van der Waals surface area contributed by atoms with Crippen molar-refractivity contribution in [1.29, 1.82) is 0 Å². The molecule has 0 amide bonds. The zero-order chi connectivity index (χ0) is 16.5. The van der Waals surface area contributed by atoms with Crippen LogP contribution in [-0.4, -0.2) is 11.3 Å². The Hall–Kier alpha value is -1.99. The number of benzene rings is 2. The Morgan fingerprint density at radius 2 is 1.68 bits per heavy atom. The van der Waals surface area contributed by atoms with Gasteiger partial charge in [0.25, 0.3) is 5.69 Å². The molecule has 0 fully saturated rings. The van der Waals surface area contributed by atoms with Crippen LogP contribution in [0.2, 0.25) is 10.0 Å². The van der Waals surface area contributed by atoms with E-state index in [0.29, 0.717) is 0 Å². The number of non-ortho nitro benzene ring substituents is 1. The van der Waals surface area contributed by atoms with Crippen LogP contribution in [0.25, 0.3) is 11.1 Å². The quantitative estimate of drug-likeness (QED) is 0.544. The first-order valence-electron chi connectivity index (χ1n) is 5.67. The fourth-order valence-electron chi connectivity index (χ4n) is 1.80. The Morgan fingerprint density at radius 3 is 2.18 bits per heavy atom. The Morgan fingerprint density at radius 1 is 1.09 bits per heavy atom. The van der Waals surface area contributed by atoms with Crippen LogP contribution in [0.1, 0.15) is 0 Å². The van der Waals surface area contributed by atoms with Gasteiger partial charge in [0.15, 0.2) is 0 Å². The lowest BCUT2D eigenvalue weighted by Gasteiger charge is -2.15. The maximum atomic E-state index is 12.5. The van der Waals surface area contributed by atoms with Crippen molar-refractivity contribution in [2.24, 2.45) is 0 Å². The summed E-state index contributed by atoms with van der Waals surface area (Å²) in [6.07, 6.45) is -4.96. The smallest absolute Gasteiger partial charge is 0.405 e. The molecule has 0 radical (unpaired) electrons. The standard InChI is InChI=1S/C13H6Cl2F3NO3/c14-9-2-1-3-10(15)12(9)8-6-7(19(20)21)4-5-11(8)22-13(16,17)18/h1-6H. The molecule has 2 aromatic rings. The van der Waals surface area contributed by atoms with E-state index in [4.69, 9.17) is 23.2 Å². The Kier molecular flexibility index (Phi) is 4.48. The average molecular weight is 352 g/mol. The fraction of sp³-hybridized carbons (Fsp3) is 0.0769. The molecule has 0 unspecified atom stereocenters. The SMILES string of the molecule is O=[N+]([O-])c1ccc(OC(F)(F)F)c(-c2c(Cl)cccc2Cl)c1. The molecule has 0 aliphatic rings. The van der Waals surface area contributed by atoms with E-state index >= 15 is 0 Å². The topological polar surface area (TPSA) is 52.4 Å². The van der Waals surface area contributed by atoms with Gasteiger partial charge < -0.3 is 4.74 Å². The third kappa shape index (κ3) is 3.61. The molecule has 22 heavy (non-hydrogen) atoms. The van der Waals surface area contributed by atoms with Gasteiger partial charge in [-0.2, -0.15) is 0 Å². The summed E-state index contributed by atoms with van der Waals surface area (Å²) in [7, 11) is 0. The second kappa shape index (κ2) is 6.02. The van der Waals surface area contributed by atoms with Crippen LogP contribution in [0.3, 0.4) is 0 Å². The summed E-state index contributed by atoms with van der Waals surface area (Å²) in [5.74, 6) is -0.631. The molecule has 0 aliphatic heterocycles. The first-order chi connectivity index (χ1) is 10.2. The molecule has 0 saturated heterocycles. The van der Waals surface area contributed by atoms with Crippen LogP contribution in [-0.2, 0) is 0 Å². The van der Waals surface area contributed by atoms with Gasteiger partial charge in [0.2, 0.25) is 0 Å². The van der Waals surface area contributed by atoms with Gasteiger partial charge in [-0.3, -0.25) is 10.1 Å². The third-order valence-corrected chi connectivity index (χ3v) is 3.26. The molecule has 0 spiro atoms. The minimum absolute atomic E-state index is 0.0220. The molecular weight excluding hydrogens is 346 g/mol. The van der Waals surface area contributed by atoms with Gasteiger partial charge >= 0.3 is 6.36 Å². The van der Waals surface area contributed by atoms with Crippen LogP contribution in [0.15, 0.2) is 36.4 Å². The van der Waals surface area contributed by atoms with E-state index in [1.807, 2.05) is 0 Å². The minimum atomic E-state index is -4.96. The number of nitro benzene ring substituents is 1. The van der Waals surface area contributed by atoms with E-state index in [1.165, 1.54) is 18.2 Å². The van der Waals surface area contributed by atoms with Crippen molar-refractivity contribution in [2.75, 3.05) is 0 Å². The second-order valence-corrected chi connectivity index (χ2v) is 4.90. The summed E-state index contributed by atoms with van der Waals surface area (Å²) in [6, 6.07) is 6.97. The summed E-state index contributed by atoms with van der Waals surface area (Å²) in [5.41, 5.74) is -0.614. The number of ether oxygens (including phenoxy) is 1. The first-order valence-corrected chi connectivity index (χ1v) is 6.43. The molecule has 0 heterocycles. The summed E-state index contributed by atoms with van der Waals surface area (Å²) < 4.78 is 41.3. The predicted octanol–water partition coefficient (Wildman–Crippen LogP) is 5.47. The summed E-state index contributed by atoms with van der Waals surface area (Å²) in [5, 5.41) is 10.9. The fourth-order valence-corrected chi connectivity index (χ4v) is 2.40. The first kappa shape index (κ1) is 16.4. The number of hydrogen-bond donors (Lipinski definition) is 0. The molecular formula is C13H6Cl2F3NO3. The summed E-state index contributed by atoms with van der Waals surface area (Å²) >= 11 is 11.9. The number of nitrogens with zero attached hydrogens (tertiary/aromatic N) is 1. The van der Waals surface area contributed by atoms with E-state index in [2.05, 4.69) is 4.74 Å². The molecule has 0 N–H and O–H groups in total. The highest BCUT2D eigenvalue weighted by molar-refractivity contribution is 6.39. The van der Waals surface area contributed by atoms with Crippen molar-refractivity contribution in [3.8, 4) is 16.9 Å². The lowest BCUT2D eigenvalue weighted by Crippen LogP contribution is -2.17. The number of rotatable bonds is 3. The van der Waals surface area contributed by atoms with Gasteiger partial charge in [-0.1, -0.05) is 29.3 Å². The average Bonchev–Trinajstić information content (AvgIpc) is 2.38. The van der Waals surface area contributed by atoms with Gasteiger partial charge in [-0.15, -0.1) is 13.2 Å². The molecule has 0 saturated carbocycles. The largest absolute Gasteiger partial charge is 0.573 e. The zero-order valence-electron chi connectivity index (χ0n) is 10.5. The van der Waals surface area contributed by atoms with E-state index in [1.54, 1.807) is 0 Å².